The predicted molar refractivity (Wildman–Crippen MR) is 105 cm³/mol. The van der Waals surface area contributed by atoms with Crippen LogP contribution in [0.2, 0.25) is 0 Å². The second-order valence-corrected chi connectivity index (χ2v) is 8.95. The normalized spacial score (nSPS) is 27.9. The molecule has 2 aromatic rings. The molecule has 2 aromatic carbocycles. The lowest BCUT2D eigenvalue weighted by Gasteiger charge is -2.41. The molecule has 6 heteroatoms. The average molecular weight is 385 g/mol. The number of carboxylic acid groups (broad SMARTS) is 2. The van der Waals surface area contributed by atoms with E-state index in [1.165, 1.54) is 0 Å². The van der Waals surface area contributed by atoms with Gasteiger partial charge in [0.05, 0.1) is 5.56 Å². The quantitative estimate of drug-likeness (QED) is 0.741. The number of hydrogen-bond donors (Lipinski definition) is 3. The molecule has 0 spiro atoms. The first-order valence-corrected chi connectivity index (χ1v) is 10.3. The highest BCUT2D eigenvalue weighted by Gasteiger charge is 2.38. The van der Waals surface area contributed by atoms with Gasteiger partial charge < -0.3 is 15.5 Å². The van der Waals surface area contributed by atoms with E-state index in [1.54, 1.807) is 17.8 Å². The Balaban J connectivity index is 1.54. The molecular weight excluding hydrogens is 362 g/mol. The van der Waals surface area contributed by atoms with E-state index in [2.05, 4.69) is 5.32 Å². The molecular formula is C21H23NO4S. The highest BCUT2D eigenvalue weighted by molar-refractivity contribution is 8.00. The topological polar surface area (TPSA) is 86.6 Å². The number of piperidine rings is 1. The number of rotatable bonds is 4. The van der Waals surface area contributed by atoms with Crippen molar-refractivity contribution in [1.29, 1.82) is 0 Å². The maximum atomic E-state index is 11.8. The number of hydrogen-bond acceptors (Lipinski definition) is 4. The van der Waals surface area contributed by atoms with Crippen molar-refractivity contribution < 1.29 is 19.8 Å². The molecule has 3 N–H and O–H groups in total. The van der Waals surface area contributed by atoms with Crippen molar-refractivity contribution in [2.45, 2.75) is 41.9 Å². The number of thioether (sulfide) groups is 1. The maximum absolute atomic E-state index is 11.8. The van der Waals surface area contributed by atoms with E-state index < -0.39 is 18.0 Å². The largest absolute Gasteiger partial charge is 0.480 e. The monoisotopic (exact) mass is 385 g/mol. The number of carbonyl (C=O) groups is 2. The summed E-state index contributed by atoms with van der Waals surface area (Å²) >= 11 is 1.65. The fraction of sp³-hybridized carbons (Fsp3) is 0.429. The number of nitrogens with one attached hydrogen (secondary N) is 1. The highest BCUT2D eigenvalue weighted by atomic mass is 32.2. The lowest BCUT2D eigenvalue weighted by molar-refractivity contribution is -0.141. The number of aromatic carboxylic acids is 1. The van der Waals surface area contributed by atoms with Gasteiger partial charge in [-0.05, 0) is 67.0 Å². The van der Waals surface area contributed by atoms with E-state index in [0.29, 0.717) is 29.1 Å². The van der Waals surface area contributed by atoms with Gasteiger partial charge in [0.2, 0.25) is 0 Å². The molecule has 1 aliphatic carbocycles. The summed E-state index contributed by atoms with van der Waals surface area (Å²) in [5.74, 6) is -0.740. The highest BCUT2D eigenvalue weighted by Crippen LogP contribution is 2.43. The van der Waals surface area contributed by atoms with E-state index in [-0.39, 0.29) is 0 Å². The van der Waals surface area contributed by atoms with Gasteiger partial charge in [-0.25, -0.2) is 4.79 Å². The standard InChI is InChI=1S/C21H23NO4S/c23-20(24)17-8-12-3-1-2-4-13(12)10-19(17)27-16-6-5-14-11-22-18(21(25)26)9-15(14)7-16/h1-4,8,10,14-16,18,22H,5-7,9,11H2,(H,23,24)(H,25,26)/t14-,15+,16-,18-/m0/s1. The second-order valence-electron chi connectivity index (χ2n) is 7.61. The Bertz CT molecular complexity index is 884. The molecule has 5 nitrogen and oxygen atoms in total. The van der Waals surface area contributed by atoms with Gasteiger partial charge in [-0.2, -0.15) is 0 Å². The Hall–Kier alpha value is -2.05. The van der Waals surface area contributed by atoms with Crippen LogP contribution in [-0.2, 0) is 4.79 Å². The first-order chi connectivity index (χ1) is 13.0. The molecule has 1 saturated heterocycles. The number of fused-ring (bicyclic) bond motifs is 2. The van der Waals surface area contributed by atoms with Gasteiger partial charge in [0.1, 0.15) is 6.04 Å². The molecule has 4 atom stereocenters. The minimum Gasteiger partial charge on any atom is -0.480 e. The fourth-order valence-electron chi connectivity index (χ4n) is 4.48. The number of carboxylic acids is 2. The SMILES string of the molecule is O=C(O)c1cc2ccccc2cc1S[C@H]1CC[C@H]2CN[C@H](C(=O)O)C[C@H]2C1. The van der Waals surface area contributed by atoms with Gasteiger partial charge >= 0.3 is 11.9 Å². The van der Waals surface area contributed by atoms with Crippen molar-refractivity contribution >= 4 is 34.5 Å². The summed E-state index contributed by atoms with van der Waals surface area (Å²) in [7, 11) is 0. The van der Waals surface area contributed by atoms with Crippen LogP contribution in [0.25, 0.3) is 10.8 Å². The van der Waals surface area contributed by atoms with Crippen LogP contribution in [-0.4, -0.2) is 40.0 Å². The molecule has 1 aliphatic heterocycles. The Morgan fingerprint density at radius 1 is 1.00 bits per heavy atom. The average Bonchev–Trinajstić information content (AvgIpc) is 2.66. The van der Waals surface area contributed by atoms with Crippen molar-refractivity contribution in [2.75, 3.05) is 6.54 Å². The van der Waals surface area contributed by atoms with Crippen LogP contribution in [0, 0.1) is 11.8 Å². The molecule has 0 unspecified atom stereocenters. The molecule has 0 bridgehead atoms. The van der Waals surface area contributed by atoms with Gasteiger partial charge in [-0.15, -0.1) is 11.8 Å². The van der Waals surface area contributed by atoms with Gasteiger partial charge in [0.15, 0.2) is 0 Å². The van der Waals surface area contributed by atoms with Gasteiger partial charge in [0, 0.05) is 10.1 Å². The first kappa shape index (κ1) is 18.3. The van der Waals surface area contributed by atoms with Crippen LogP contribution in [0.4, 0.5) is 0 Å². The van der Waals surface area contributed by atoms with E-state index >= 15 is 0 Å². The summed E-state index contributed by atoms with van der Waals surface area (Å²) in [4.78, 5) is 23.9. The van der Waals surface area contributed by atoms with Crippen LogP contribution >= 0.6 is 11.8 Å². The molecule has 4 rings (SSSR count). The molecule has 0 amide bonds. The summed E-state index contributed by atoms with van der Waals surface area (Å²) in [6.07, 6.45) is 3.72. The van der Waals surface area contributed by atoms with Crippen molar-refractivity contribution in [1.82, 2.24) is 5.32 Å². The van der Waals surface area contributed by atoms with Crippen molar-refractivity contribution in [3.63, 3.8) is 0 Å². The van der Waals surface area contributed by atoms with Crippen LogP contribution in [0.15, 0.2) is 41.3 Å². The fourth-order valence-corrected chi connectivity index (χ4v) is 5.90. The van der Waals surface area contributed by atoms with Gasteiger partial charge in [0.25, 0.3) is 0 Å². The van der Waals surface area contributed by atoms with Crippen molar-refractivity contribution in [3.05, 3.63) is 42.0 Å². The van der Waals surface area contributed by atoms with Gasteiger partial charge in [-0.3, -0.25) is 4.79 Å². The van der Waals surface area contributed by atoms with E-state index in [0.717, 1.165) is 41.5 Å². The van der Waals surface area contributed by atoms with E-state index in [1.807, 2.05) is 30.3 Å². The minimum absolute atomic E-state index is 0.332. The van der Waals surface area contributed by atoms with Crippen LogP contribution in [0.3, 0.4) is 0 Å². The number of aliphatic carboxylic acids is 1. The lowest BCUT2D eigenvalue weighted by atomic mass is 9.73. The molecule has 0 radical (unpaired) electrons. The molecule has 1 heterocycles. The van der Waals surface area contributed by atoms with E-state index in [9.17, 15) is 19.8 Å². The van der Waals surface area contributed by atoms with Crippen LogP contribution in [0.1, 0.15) is 36.0 Å². The zero-order chi connectivity index (χ0) is 19.0. The summed E-state index contributed by atoms with van der Waals surface area (Å²) in [5, 5.41) is 24.4. The third kappa shape index (κ3) is 3.82. The molecule has 27 heavy (non-hydrogen) atoms. The van der Waals surface area contributed by atoms with Crippen LogP contribution < -0.4 is 5.32 Å². The second kappa shape index (κ2) is 7.52. The molecule has 2 aliphatic rings. The smallest absolute Gasteiger partial charge is 0.336 e. The zero-order valence-electron chi connectivity index (χ0n) is 14.9. The summed E-state index contributed by atoms with van der Waals surface area (Å²) in [5.41, 5.74) is 0.356. The Labute approximate surface area is 162 Å². The third-order valence-electron chi connectivity index (χ3n) is 5.93. The number of benzene rings is 2. The predicted octanol–water partition coefficient (Wildman–Crippen LogP) is 3.86. The minimum atomic E-state index is -0.898. The van der Waals surface area contributed by atoms with Crippen LogP contribution in [0.5, 0.6) is 0 Å². The molecule has 1 saturated carbocycles. The third-order valence-corrected chi connectivity index (χ3v) is 7.28. The summed E-state index contributed by atoms with van der Waals surface area (Å²) in [6, 6.07) is 11.1. The summed E-state index contributed by atoms with van der Waals surface area (Å²) < 4.78 is 0. The Morgan fingerprint density at radius 3 is 2.44 bits per heavy atom. The molecule has 0 aromatic heterocycles. The molecule has 142 valence electrons. The zero-order valence-corrected chi connectivity index (χ0v) is 15.7. The molecule has 2 fully saturated rings. The van der Waals surface area contributed by atoms with Crippen molar-refractivity contribution in [2.24, 2.45) is 11.8 Å². The first-order valence-electron chi connectivity index (χ1n) is 9.40. The maximum Gasteiger partial charge on any atom is 0.336 e. The Morgan fingerprint density at radius 2 is 1.74 bits per heavy atom. The Kier molecular flexibility index (Phi) is 5.10. The van der Waals surface area contributed by atoms with Gasteiger partial charge in [-0.1, -0.05) is 24.3 Å². The lowest BCUT2D eigenvalue weighted by Crippen LogP contribution is -2.49. The van der Waals surface area contributed by atoms with E-state index in [4.69, 9.17) is 0 Å². The summed E-state index contributed by atoms with van der Waals surface area (Å²) in [6.45, 7) is 0.773. The van der Waals surface area contributed by atoms with Crippen molar-refractivity contribution in [3.8, 4) is 0 Å².